The summed E-state index contributed by atoms with van der Waals surface area (Å²) in [4.78, 5) is 22.0. The van der Waals surface area contributed by atoms with Gasteiger partial charge >= 0.3 is 5.97 Å². The predicted octanol–water partition coefficient (Wildman–Crippen LogP) is 2.81. The fourth-order valence-corrected chi connectivity index (χ4v) is 2.65. The van der Waals surface area contributed by atoms with Crippen LogP contribution < -0.4 is 4.90 Å². The van der Waals surface area contributed by atoms with Gasteiger partial charge in [0.15, 0.2) is 17.3 Å². The average Bonchev–Trinajstić information content (AvgIpc) is 3.01. The molecule has 0 radical (unpaired) electrons. The quantitative estimate of drug-likeness (QED) is 0.935. The minimum absolute atomic E-state index is 0.0100. The molecule has 1 fully saturated rings. The van der Waals surface area contributed by atoms with Gasteiger partial charge < -0.3 is 14.4 Å². The second-order valence-corrected chi connectivity index (χ2v) is 5.26. The van der Waals surface area contributed by atoms with Gasteiger partial charge in [0.2, 0.25) is 0 Å². The van der Waals surface area contributed by atoms with Crippen molar-refractivity contribution in [2.24, 2.45) is 0 Å². The van der Waals surface area contributed by atoms with Crippen molar-refractivity contribution in [3.63, 3.8) is 0 Å². The van der Waals surface area contributed by atoms with E-state index in [0.29, 0.717) is 23.4 Å². The molecule has 0 spiro atoms. The molecule has 0 aromatic carbocycles. The van der Waals surface area contributed by atoms with Crippen LogP contribution in [0, 0.1) is 0 Å². The number of carboxylic acids is 1. The van der Waals surface area contributed by atoms with E-state index in [1.54, 1.807) is 12.1 Å². The van der Waals surface area contributed by atoms with Crippen LogP contribution in [0.3, 0.4) is 0 Å². The maximum atomic E-state index is 11.3. The largest absolute Gasteiger partial charge is 0.477 e. The molecule has 6 heteroatoms. The number of hydrogen-bond acceptors (Lipinski definition) is 5. The normalized spacial score (nSPS) is 18.7. The Morgan fingerprint density at radius 1 is 1.43 bits per heavy atom. The van der Waals surface area contributed by atoms with Gasteiger partial charge in [0.05, 0.1) is 6.26 Å². The molecule has 110 valence electrons. The summed E-state index contributed by atoms with van der Waals surface area (Å²) >= 11 is 0. The Hall–Kier alpha value is -2.37. The summed E-state index contributed by atoms with van der Waals surface area (Å²) in [7, 11) is 0. The third-order valence-corrected chi connectivity index (χ3v) is 3.77. The van der Waals surface area contributed by atoms with E-state index < -0.39 is 5.97 Å². The van der Waals surface area contributed by atoms with Crippen molar-refractivity contribution in [2.75, 3.05) is 11.4 Å². The van der Waals surface area contributed by atoms with E-state index in [9.17, 15) is 9.90 Å². The standard InChI is InChI=1S/C15H17N3O3/c1-10-5-2-3-7-18(10)13-9-11(15(19)20)16-14(17-13)12-6-4-8-21-12/h4,6,8-10H,2-3,5,7H2,1H3,(H,19,20). The average molecular weight is 287 g/mol. The van der Waals surface area contributed by atoms with Crippen LogP contribution in [0.5, 0.6) is 0 Å². The Morgan fingerprint density at radius 3 is 2.95 bits per heavy atom. The first-order valence-electron chi connectivity index (χ1n) is 7.08. The van der Waals surface area contributed by atoms with E-state index in [2.05, 4.69) is 21.8 Å². The van der Waals surface area contributed by atoms with E-state index in [4.69, 9.17) is 4.42 Å². The smallest absolute Gasteiger partial charge is 0.354 e. The highest BCUT2D eigenvalue weighted by molar-refractivity contribution is 5.86. The number of piperidine rings is 1. The minimum atomic E-state index is -1.06. The minimum Gasteiger partial charge on any atom is -0.477 e. The SMILES string of the molecule is CC1CCCCN1c1cc(C(=O)O)nc(-c2ccco2)n1. The highest BCUT2D eigenvalue weighted by Crippen LogP contribution is 2.26. The van der Waals surface area contributed by atoms with Crippen LogP contribution in [0.2, 0.25) is 0 Å². The van der Waals surface area contributed by atoms with Gasteiger partial charge in [0.1, 0.15) is 5.82 Å². The number of nitrogens with zero attached hydrogens (tertiary/aromatic N) is 3. The predicted molar refractivity (Wildman–Crippen MR) is 77.4 cm³/mol. The Morgan fingerprint density at radius 2 is 2.29 bits per heavy atom. The highest BCUT2D eigenvalue weighted by atomic mass is 16.4. The van der Waals surface area contributed by atoms with Gasteiger partial charge in [0.25, 0.3) is 0 Å². The lowest BCUT2D eigenvalue weighted by Gasteiger charge is -2.34. The fraction of sp³-hybridized carbons (Fsp3) is 0.400. The molecule has 0 amide bonds. The Balaban J connectivity index is 2.05. The highest BCUT2D eigenvalue weighted by Gasteiger charge is 2.22. The summed E-state index contributed by atoms with van der Waals surface area (Å²) in [6.07, 6.45) is 4.89. The molecule has 1 saturated heterocycles. The van der Waals surface area contributed by atoms with Crippen LogP contribution >= 0.6 is 0 Å². The van der Waals surface area contributed by atoms with Crippen molar-refractivity contribution in [1.82, 2.24) is 9.97 Å². The maximum Gasteiger partial charge on any atom is 0.354 e. The summed E-state index contributed by atoms with van der Waals surface area (Å²) in [6, 6.07) is 5.34. The molecule has 0 bridgehead atoms. The molecular weight excluding hydrogens is 270 g/mol. The van der Waals surface area contributed by atoms with Crippen molar-refractivity contribution in [2.45, 2.75) is 32.2 Å². The molecule has 1 atom stereocenters. The Kier molecular flexibility index (Phi) is 3.60. The van der Waals surface area contributed by atoms with E-state index >= 15 is 0 Å². The van der Waals surface area contributed by atoms with Crippen molar-refractivity contribution in [1.29, 1.82) is 0 Å². The van der Waals surface area contributed by atoms with Crippen LogP contribution in [0.25, 0.3) is 11.6 Å². The number of furan rings is 1. The molecule has 21 heavy (non-hydrogen) atoms. The van der Waals surface area contributed by atoms with Crippen molar-refractivity contribution < 1.29 is 14.3 Å². The summed E-state index contributed by atoms with van der Waals surface area (Å²) in [6.45, 7) is 3.02. The Labute approximate surface area is 122 Å². The number of carboxylic acid groups (broad SMARTS) is 1. The van der Waals surface area contributed by atoms with Crippen LogP contribution in [0.15, 0.2) is 28.9 Å². The maximum absolute atomic E-state index is 11.3. The van der Waals surface area contributed by atoms with Gasteiger partial charge in [-0.15, -0.1) is 0 Å². The third kappa shape index (κ3) is 2.74. The van der Waals surface area contributed by atoms with Crippen molar-refractivity contribution in [3.05, 3.63) is 30.2 Å². The van der Waals surface area contributed by atoms with Crippen LogP contribution in [0.1, 0.15) is 36.7 Å². The number of rotatable bonds is 3. The lowest BCUT2D eigenvalue weighted by atomic mass is 10.0. The lowest BCUT2D eigenvalue weighted by Crippen LogP contribution is -2.38. The van der Waals surface area contributed by atoms with E-state index in [1.807, 2.05) is 0 Å². The molecule has 6 nitrogen and oxygen atoms in total. The first-order chi connectivity index (χ1) is 10.1. The molecule has 1 aliphatic heterocycles. The van der Waals surface area contributed by atoms with Gasteiger partial charge in [-0.05, 0) is 38.3 Å². The lowest BCUT2D eigenvalue weighted by molar-refractivity contribution is 0.0690. The number of hydrogen-bond donors (Lipinski definition) is 1. The zero-order chi connectivity index (χ0) is 14.8. The second-order valence-electron chi connectivity index (χ2n) is 5.26. The molecule has 2 aromatic rings. The summed E-state index contributed by atoms with van der Waals surface area (Å²) in [5, 5.41) is 9.26. The van der Waals surface area contributed by atoms with Crippen LogP contribution in [0.4, 0.5) is 5.82 Å². The van der Waals surface area contributed by atoms with Gasteiger partial charge in [-0.3, -0.25) is 0 Å². The molecular formula is C15H17N3O3. The number of aromatic carboxylic acids is 1. The molecule has 0 aliphatic carbocycles. The summed E-state index contributed by atoms with van der Waals surface area (Å²) in [5.74, 6) is 0.383. The van der Waals surface area contributed by atoms with E-state index in [-0.39, 0.29) is 5.69 Å². The number of anilines is 1. The van der Waals surface area contributed by atoms with Crippen molar-refractivity contribution in [3.8, 4) is 11.6 Å². The molecule has 2 aromatic heterocycles. The first kappa shape index (κ1) is 13.6. The summed E-state index contributed by atoms with van der Waals surface area (Å²) in [5.41, 5.74) is -0.0100. The monoisotopic (exact) mass is 287 g/mol. The van der Waals surface area contributed by atoms with E-state index in [1.165, 1.54) is 18.8 Å². The van der Waals surface area contributed by atoms with Crippen LogP contribution in [-0.4, -0.2) is 33.6 Å². The molecule has 1 N–H and O–H groups in total. The molecule has 1 aliphatic rings. The fourth-order valence-electron chi connectivity index (χ4n) is 2.65. The molecule has 3 heterocycles. The summed E-state index contributed by atoms with van der Waals surface area (Å²) < 4.78 is 5.29. The zero-order valence-corrected chi connectivity index (χ0v) is 11.8. The third-order valence-electron chi connectivity index (χ3n) is 3.77. The number of aromatic nitrogens is 2. The van der Waals surface area contributed by atoms with Crippen LogP contribution in [-0.2, 0) is 0 Å². The van der Waals surface area contributed by atoms with Gasteiger partial charge in [0, 0.05) is 18.7 Å². The molecule has 1 unspecified atom stereocenters. The second kappa shape index (κ2) is 5.55. The Bertz CT molecular complexity index is 640. The zero-order valence-electron chi connectivity index (χ0n) is 11.8. The molecule has 0 saturated carbocycles. The van der Waals surface area contributed by atoms with E-state index in [0.717, 1.165) is 19.4 Å². The molecule has 3 rings (SSSR count). The number of carbonyl (C=O) groups is 1. The first-order valence-corrected chi connectivity index (χ1v) is 7.08. The topological polar surface area (TPSA) is 79.5 Å². The van der Waals surface area contributed by atoms with Gasteiger partial charge in [-0.1, -0.05) is 0 Å². The van der Waals surface area contributed by atoms with Gasteiger partial charge in [-0.2, -0.15) is 0 Å². The van der Waals surface area contributed by atoms with Gasteiger partial charge in [-0.25, -0.2) is 14.8 Å². The van der Waals surface area contributed by atoms with Crippen molar-refractivity contribution >= 4 is 11.8 Å².